The molecule has 0 fully saturated rings. The topological polar surface area (TPSA) is 80.4 Å². The number of carboxylic acid groups (broad SMARTS) is 1. The lowest BCUT2D eigenvalue weighted by Gasteiger charge is -1.90. The van der Waals surface area contributed by atoms with E-state index in [1.54, 1.807) is 6.92 Å². The van der Waals surface area contributed by atoms with Crippen molar-refractivity contribution in [1.82, 2.24) is 5.16 Å². The molecule has 0 unspecified atom stereocenters. The molecular weight excluding hydrogens is 174 g/mol. The molecule has 1 heterocycles. The second kappa shape index (κ2) is 3.84. The Morgan fingerprint density at radius 3 is 2.69 bits per heavy atom. The second-order valence-corrected chi connectivity index (χ2v) is 2.64. The van der Waals surface area contributed by atoms with Gasteiger partial charge >= 0.3 is 5.97 Å². The maximum atomic E-state index is 11.2. The van der Waals surface area contributed by atoms with Gasteiger partial charge in [-0.15, -0.1) is 0 Å². The Balaban J connectivity index is 2.54. The van der Waals surface area contributed by atoms with E-state index in [2.05, 4.69) is 9.68 Å². The summed E-state index contributed by atoms with van der Waals surface area (Å²) in [6.07, 6.45) is -0.216. The van der Waals surface area contributed by atoms with Gasteiger partial charge in [0.15, 0.2) is 5.78 Å². The number of hydrogen-bond donors (Lipinski definition) is 1. The zero-order valence-electron chi connectivity index (χ0n) is 7.11. The quantitative estimate of drug-likeness (QED) is 0.705. The van der Waals surface area contributed by atoms with Crippen LogP contribution >= 0.6 is 0 Å². The third kappa shape index (κ3) is 2.70. The fourth-order valence-electron chi connectivity index (χ4n) is 0.846. The van der Waals surface area contributed by atoms with Crippen LogP contribution in [0.5, 0.6) is 0 Å². The molecule has 0 spiro atoms. The van der Waals surface area contributed by atoms with Crippen LogP contribution in [0.25, 0.3) is 0 Å². The van der Waals surface area contributed by atoms with E-state index in [0.717, 1.165) is 0 Å². The summed E-state index contributed by atoms with van der Waals surface area (Å²) >= 11 is 0. The molecule has 0 saturated carbocycles. The van der Waals surface area contributed by atoms with Gasteiger partial charge in [-0.3, -0.25) is 9.59 Å². The molecule has 0 aromatic carbocycles. The summed E-state index contributed by atoms with van der Waals surface area (Å²) < 4.78 is 4.67. The van der Waals surface area contributed by atoms with Crippen molar-refractivity contribution in [3.8, 4) is 0 Å². The van der Waals surface area contributed by atoms with E-state index in [0.29, 0.717) is 5.76 Å². The van der Waals surface area contributed by atoms with Crippen LogP contribution in [0.1, 0.15) is 29.1 Å². The van der Waals surface area contributed by atoms with E-state index in [9.17, 15) is 9.59 Å². The molecular formula is C8H9NO4. The van der Waals surface area contributed by atoms with Gasteiger partial charge in [0.05, 0.1) is 6.42 Å². The van der Waals surface area contributed by atoms with Crippen LogP contribution in [0, 0.1) is 6.92 Å². The lowest BCUT2D eigenvalue weighted by atomic mass is 10.1. The molecule has 0 aliphatic rings. The first kappa shape index (κ1) is 9.44. The molecule has 13 heavy (non-hydrogen) atoms. The highest BCUT2D eigenvalue weighted by Crippen LogP contribution is 2.05. The average molecular weight is 183 g/mol. The molecule has 0 radical (unpaired) electrons. The summed E-state index contributed by atoms with van der Waals surface area (Å²) in [7, 11) is 0. The number of Topliss-reactive ketones (excluding diaryl/α,β-unsaturated/α-hetero) is 1. The number of nitrogens with zero attached hydrogens (tertiary/aromatic N) is 1. The number of aromatic nitrogens is 1. The molecule has 1 aromatic heterocycles. The molecule has 0 saturated heterocycles. The van der Waals surface area contributed by atoms with Crippen molar-refractivity contribution in [2.24, 2.45) is 0 Å². The summed E-state index contributed by atoms with van der Waals surface area (Å²) in [5.74, 6) is -0.758. The number of hydrogen-bond acceptors (Lipinski definition) is 4. The number of carbonyl (C=O) groups is 2. The number of carbonyl (C=O) groups excluding carboxylic acids is 1. The van der Waals surface area contributed by atoms with Gasteiger partial charge in [0.25, 0.3) is 0 Å². The summed E-state index contributed by atoms with van der Waals surface area (Å²) in [6, 6.07) is 1.49. The maximum absolute atomic E-state index is 11.2. The zero-order valence-corrected chi connectivity index (χ0v) is 7.11. The van der Waals surface area contributed by atoms with Crippen molar-refractivity contribution in [2.45, 2.75) is 19.8 Å². The standard InChI is InChI=1S/C8H9NO4/c1-5-4-6(9-13-5)7(10)2-3-8(11)12/h4H,2-3H2,1H3,(H,11,12). The van der Waals surface area contributed by atoms with Gasteiger partial charge in [0.1, 0.15) is 11.5 Å². The highest BCUT2D eigenvalue weighted by atomic mass is 16.5. The van der Waals surface area contributed by atoms with Crippen molar-refractivity contribution >= 4 is 11.8 Å². The summed E-state index contributed by atoms with van der Waals surface area (Å²) in [5, 5.41) is 11.8. The van der Waals surface area contributed by atoms with E-state index >= 15 is 0 Å². The smallest absolute Gasteiger partial charge is 0.303 e. The van der Waals surface area contributed by atoms with Crippen molar-refractivity contribution in [3.63, 3.8) is 0 Å². The predicted octanol–water partition coefficient (Wildman–Crippen LogP) is 1.03. The molecule has 0 atom stereocenters. The lowest BCUT2D eigenvalue weighted by molar-refractivity contribution is -0.136. The summed E-state index contributed by atoms with van der Waals surface area (Å²) in [6.45, 7) is 1.67. The van der Waals surface area contributed by atoms with Gasteiger partial charge in [-0.2, -0.15) is 0 Å². The Labute approximate surface area is 74.3 Å². The van der Waals surface area contributed by atoms with Crippen LogP contribution < -0.4 is 0 Å². The third-order valence-electron chi connectivity index (χ3n) is 1.48. The Kier molecular flexibility index (Phi) is 2.79. The van der Waals surface area contributed by atoms with Crippen LogP contribution in [0.3, 0.4) is 0 Å². The molecule has 1 aromatic rings. The van der Waals surface area contributed by atoms with Gasteiger partial charge in [0.2, 0.25) is 0 Å². The second-order valence-electron chi connectivity index (χ2n) is 2.64. The fraction of sp³-hybridized carbons (Fsp3) is 0.375. The van der Waals surface area contributed by atoms with Crippen molar-refractivity contribution in [3.05, 3.63) is 17.5 Å². The van der Waals surface area contributed by atoms with Crippen molar-refractivity contribution in [2.75, 3.05) is 0 Å². The first-order chi connectivity index (χ1) is 6.09. The largest absolute Gasteiger partial charge is 0.481 e. The monoisotopic (exact) mass is 183 g/mol. The Bertz CT molecular complexity index is 329. The molecule has 1 N–H and O–H groups in total. The van der Waals surface area contributed by atoms with Gasteiger partial charge in [-0.25, -0.2) is 0 Å². The number of carboxylic acids is 1. The van der Waals surface area contributed by atoms with E-state index in [1.165, 1.54) is 6.07 Å². The van der Waals surface area contributed by atoms with Gasteiger partial charge < -0.3 is 9.63 Å². The summed E-state index contributed by atoms with van der Waals surface area (Å²) in [5.41, 5.74) is 0.193. The van der Waals surface area contributed by atoms with Gasteiger partial charge in [-0.05, 0) is 6.92 Å². The van der Waals surface area contributed by atoms with Gasteiger partial charge in [-0.1, -0.05) is 5.16 Å². The van der Waals surface area contributed by atoms with E-state index in [4.69, 9.17) is 5.11 Å². The Hall–Kier alpha value is -1.65. The number of ketones is 1. The fourth-order valence-corrected chi connectivity index (χ4v) is 0.846. The number of rotatable bonds is 4. The minimum absolute atomic E-state index is 0.0404. The van der Waals surface area contributed by atoms with Crippen molar-refractivity contribution in [1.29, 1.82) is 0 Å². The first-order valence-corrected chi connectivity index (χ1v) is 3.78. The predicted molar refractivity (Wildman–Crippen MR) is 42.4 cm³/mol. The summed E-state index contributed by atoms with van der Waals surface area (Å²) in [4.78, 5) is 21.3. The minimum atomic E-state index is -0.992. The van der Waals surface area contributed by atoms with Crippen molar-refractivity contribution < 1.29 is 19.2 Å². The molecule has 0 aliphatic heterocycles. The molecule has 70 valence electrons. The molecule has 0 amide bonds. The normalized spacial score (nSPS) is 9.92. The zero-order chi connectivity index (χ0) is 9.84. The van der Waals surface area contributed by atoms with Crippen LogP contribution in [0.15, 0.2) is 10.6 Å². The SMILES string of the molecule is Cc1cc(C(=O)CCC(=O)O)no1. The van der Waals surface area contributed by atoms with Crippen LogP contribution in [0.2, 0.25) is 0 Å². The van der Waals surface area contributed by atoms with E-state index in [-0.39, 0.29) is 24.3 Å². The third-order valence-corrected chi connectivity index (χ3v) is 1.48. The highest BCUT2D eigenvalue weighted by molar-refractivity contribution is 5.95. The Morgan fingerprint density at radius 2 is 2.23 bits per heavy atom. The van der Waals surface area contributed by atoms with E-state index in [1.807, 2.05) is 0 Å². The molecule has 1 rings (SSSR count). The Morgan fingerprint density at radius 1 is 1.54 bits per heavy atom. The van der Waals surface area contributed by atoms with E-state index < -0.39 is 5.97 Å². The molecule has 0 aliphatic carbocycles. The lowest BCUT2D eigenvalue weighted by Crippen LogP contribution is -2.03. The minimum Gasteiger partial charge on any atom is -0.481 e. The van der Waals surface area contributed by atoms with Gasteiger partial charge in [0, 0.05) is 12.5 Å². The van der Waals surface area contributed by atoms with Crippen LogP contribution in [0.4, 0.5) is 0 Å². The number of aliphatic carboxylic acids is 1. The molecule has 0 bridgehead atoms. The molecule has 5 heteroatoms. The van der Waals surface area contributed by atoms with Crippen LogP contribution in [-0.4, -0.2) is 22.0 Å². The molecule has 5 nitrogen and oxygen atoms in total. The maximum Gasteiger partial charge on any atom is 0.303 e. The van der Waals surface area contributed by atoms with Crippen LogP contribution in [-0.2, 0) is 4.79 Å². The number of aryl methyl sites for hydroxylation is 1. The average Bonchev–Trinajstić information content (AvgIpc) is 2.47. The first-order valence-electron chi connectivity index (χ1n) is 3.78. The highest BCUT2D eigenvalue weighted by Gasteiger charge is 2.12.